The van der Waals surface area contributed by atoms with Gasteiger partial charge in [0, 0.05) is 12.8 Å². The maximum Gasteiger partial charge on any atom is 0.310 e. The molecule has 2 fully saturated rings. The molecule has 1 saturated heterocycles. The first kappa shape index (κ1) is 13.3. The van der Waals surface area contributed by atoms with Crippen molar-refractivity contribution in [3.05, 3.63) is 12.2 Å². The van der Waals surface area contributed by atoms with Crippen LogP contribution in [-0.4, -0.2) is 33.8 Å². The molecular weight excluding hydrogens is 258 g/mol. The van der Waals surface area contributed by atoms with Crippen molar-refractivity contribution in [2.24, 2.45) is 11.3 Å². The fourth-order valence-electron chi connectivity index (χ4n) is 3.92. The second-order valence-corrected chi connectivity index (χ2v) is 6.35. The molecule has 0 aromatic rings. The molecule has 1 heterocycles. The summed E-state index contributed by atoms with van der Waals surface area (Å²) in [6.45, 7) is 0. The molecule has 5 heteroatoms. The number of imide groups is 1. The number of piperidine rings is 1. The van der Waals surface area contributed by atoms with Crippen molar-refractivity contribution in [2.75, 3.05) is 0 Å². The molecule has 2 aliphatic carbocycles. The summed E-state index contributed by atoms with van der Waals surface area (Å²) in [4.78, 5) is 37.0. The zero-order valence-electron chi connectivity index (χ0n) is 11.4. The number of hydrogen-bond acceptors (Lipinski definition) is 3. The van der Waals surface area contributed by atoms with Gasteiger partial charge in [-0.15, -0.1) is 0 Å². The van der Waals surface area contributed by atoms with Crippen LogP contribution >= 0.6 is 0 Å². The molecule has 2 amide bonds. The zero-order valence-corrected chi connectivity index (χ0v) is 11.4. The van der Waals surface area contributed by atoms with Crippen LogP contribution in [-0.2, 0) is 14.4 Å². The number of carboxylic acid groups (broad SMARTS) is 1. The van der Waals surface area contributed by atoms with E-state index in [0.717, 1.165) is 25.7 Å². The quantitative estimate of drug-likeness (QED) is 0.616. The fraction of sp³-hybridized carbons (Fsp3) is 0.667. The van der Waals surface area contributed by atoms with Gasteiger partial charge >= 0.3 is 5.97 Å². The standard InChI is InChI=1S/C15H19NO4/c17-12-8-15(5-1-2-6-15)9-13(18)16(12)11-4-3-10(7-11)14(19)20/h3-4,10-11H,1-2,5-9H2,(H,19,20). The monoisotopic (exact) mass is 277 g/mol. The number of amides is 2. The molecule has 0 radical (unpaired) electrons. The van der Waals surface area contributed by atoms with E-state index in [-0.39, 0.29) is 23.3 Å². The van der Waals surface area contributed by atoms with E-state index in [4.69, 9.17) is 5.11 Å². The average Bonchev–Trinajstić information content (AvgIpc) is 2.98. The van der Waals surface area contributed by atoms with E-state index < -0.39 is 11.9 Å². The topological polar surface area (TPSA) is 74.7 Å². The highest BCUT2D eigenvalue weighted by Crippen LogP contribution is 2.47. The molecule has 1 aliphatic heterocycles. The molecule has 108 valence electrons. The van der Waals surface area contributed by atoms with Gasteiger partial charge in [0.25, 0.3) is 0 Å². The fourth-order valence-corrected chi connectivity index (χ4v) is 3.92. The lowest BCUT2D eigenvalue weighted by molar-refractivity contribution is -0.156. The smallest absolute Gasteiger partial charge is 0.310 e. The second-order valence-electron chi connectivity index (χ2n) is 6.35. The zero-order chi connectivity index (χ0) is 14.3. The highest BCUT2D eigenvalue weighted by Gasteiger charge is 2.47. The Kier molecular flexibility index (Phi) is 3.15. The molecule has 0 aromatic heterocycles. The molecule has 0 aromatic carbocycles. The molecule has 3 rings (SSSR count). The summed E-state index contributed by atoms with van der Waals surface area (Å²) in [6.07, 6.45) is 8.64. The van der Waals surface area contributed by atoms with Crippen LogP contribution in [0.4, 0.5) is 0 Å². The largest absolute Gasteiger partial charge is 0.481 e. The maximum absolute atomic E-state index is 12.4. The van der Waals surface area contributed by atoms with Crippen LogP contribution in [0.25, 0.3) is 0 Å². The first-order valence-corrected chi connectivity index (χ1v) is 7.27. The summed E-state index contributed by atoms with van der Waals surface area (Å²) in [6, 6.07) is -0.366. The predicted octanol–water partition coefficient (Wildman–Crippen LogP) is 1.73. The molecule has 3 aliphatic rings. The van der Waals surface area contributed by atoms with E-state index >= 15 is 0 Å². The van der Waals surface area contributed by atoms with Gasteiger partial charge in [0.1, 0.15) is 0 Å². The third kappa shape index (κ3) is 2.15. The lowest BCUT2D eigenvalue weighted by Gasteiger charge is -2.39. The van der Waals surface area contributed by atoms with Crippen molar-refractivity contribution < 1.29 is 19.5 Å². The molecule has 20 heavy (non-hydrogen) atoms. The minimum Gasteiger partial charge on any atom is -0.481 e. The van der Waals surface area contributed by atoms with E-state index in [2.05, 4.69) is 0 Å². The number of carboxylic acids is 1. The third-order valence-electron chi connectivity index (χ3n) is 4.96. The summed E-state index contributed by atoms with van der Waals surface area (Å²) < 4.78 is 0. The summed E-state index contributed by atoms with van der Waals surface area (Å²) in [7, 11) is 0. The molecule has 0 bridgehead atoms. The van der Waals surface area contributed by atoms with Crippen LogP contribution in [0.3, 0.4) is 0 Å². The van der Waals surface area contributed by atoms with E-state index in [0.29, 0.717) is 19.3 Å². The Morgan fingerprint density at radius 1 is 1.15 bits per heavy atom. The number of carbonyl (C=O) groups is 3. The van der Waals surface area contributed by atoms with Gasteiger partial charge in [-0.25, -0.2) is 0 Å². The Labute approximate surface area is 117 Å². The average molecular weight is 277 g/mol. The number of likely N-dealkylation sites (tertiary alicyclic amines) is 1. The van der Waals surface area contributed by atoms with Gasteiger partial charge in [0.2, 0.25) is 11.8 Å². The maximum atomic E-state index is 12.4. The van der Waals surface area contributed by atoms with Crippen molar-refractivity contribution in [1.29, 1.82) is 0 Å². The second kappa shape index (κ2) is 4.72. The van der Waals surface area contributed by atoms with Gasteiger partial charge in [-0.3, -0.25) is 19.3 Å². The highest BCUT2D eigenvalue weighted by atomic mass is 16.4. The molecule has 1 N–H and O–H groups in total. The molecule has 5 nitrogen and oxygen atoms in total. The van der Waals surface area contributed by atoms with Gasteiger partial charge < -0.3 is 5.11 Å². The number of nitrogens with zero attached hydrogens (tertiary/aromatic N) is 1. The Morgan fingerprint density at radius 2 is 1.75 bits per heavy atom. The normalized spacial score (nSPS) is 32.3. The van der Waals surface area contributed by atoms with Crippen LogP contribution in [0.5, 0.6) is 0 Å². The molecule has 2 unspecified atom stereocenters. The highest BCUT2D eigenvalue weighted by molar-refractivity contribution is 5.99. The minimum atomic E-state index is -0.895. The summed E-state index contributed by atoms with van der Waals surface area (Å²) in [5.74, 6) is -1.72. The summed E-state index contributed by atoms with van der Waals surface area (Å²) in [5.41, 5.74) is -0.0980. The van der Waals surface area contributed by atoms with Crippen LogP contribution in [0, 0.1) is 11.3 Å². The van der Waals surface area contributed by atoms with Gasteiger partial charge in [-0.05, 0) is 24.7 Å². The van der Waals surface area contributed by atoms with E-state index in [1.54, 1.807) is 12.2 Å². The number of rotatable bonds is 2. The van der Waals surface area contributed by atoms with E-state index in [1.807, 2.05) is 0 Å². The van der Waals surface area contributed by atoms with Crippen LogP contribution < -0.4 is 0 Å². The van der Waals surface area contributed by atoms with Crippen molar-refractivity contribution in [3.8, 4) is 0 Å². The van der Waals surface area contributed by atoms with Crippen LogP contribution in [0.2, 0.25) is 0 Å². The van der Waals surface area contributed by atoms with Crippen LogP contribution in [0.15, 0.2) is 12.2 Å². The van der Waals surface area contributed by atoms with E-state index in [1.165, 1.54) is 4.90 Å². The van der Waals surface area contributed by atoms with E-state index in [9.17, 15) is 14.4 Å². The Balaban J connectivity index is 1.73. The van der Waals surface area contributed by atoms with Crippen molar-refractivity contribution in [2.45, 2.75) is 51.0 Å². The molecule has 2 atom stereocenters. The number of hydrogen-bond donors (Lipinski definition) is 1. The predicted molar refractivity (Wildman–Crippen MR) is 70.7 cm³/mol. The molecular formula is C15H19NO4. The third-order valence-corrected chi connectivity index (χ3v) is 4.96. The minimum absolute atomic E-state index is 0.0980. The summed E-state index contributed by atoms with van der Waals surface area (Å²) in [5, 5.41) is 8.99. The lowest BCUT2D eigenvalue weighted by atomic mass is 9.76. The van der Waals surface area contributed by atoms with Crippen molar-refractivity contribution in [3.63, 3.8) is 0 Å². The molecule has 1 saturated carbocycles. The van der Waals surface area contributed by atoms with Crippen molar-refractivity contribution >= 4 is 17.8 Å². The number of aliphatic carboxylic acids is 1. The SMILES string of the molecule is O=C(O)C1C=CC(N2C(=O)CC3(CCCC3)CC2=O)C1. The van der Waals surface area contributed by atoms with Gasteiger partial charge in [0.15, 0.2) is 0 Å². The van der Waals surface area contributed by atoms with Gasteiger partial charge in [0.05, 0.1) is 12.0 Å². The first-order valence-electron chi connectivity index (χ1n) is 7.27. The summed E-state index contributed by atoms with van der Waals surface area (Å²) >= 11 is 0. The van der Waals surface area contributed by atoms with Gasteiger partial charge in [-0.1, -0.05) is 25.0 Å². The number of carbonyl (C=O) groups excluding carboxylic acids is 2. The Morgan fingerprint density at radius 3 is 2.25 bits per heavy atom. The first-order chi connectivity index (χ1) is 9.51. The molecule has 1 spiro atoms. The Bertz CT molecular complexity index is 470. The lowest BCUT2D eigenvalue weighted by Crippen LogP contribution is -2.51. The van der Waals surface area contributed by atoms with Crippen molar-refractivity contribution in [1.82, 2.24) is 4.90 Å². The Hall–Kier alpha value is -1.65. The van der Waals surface area contributed by atoms with Gasteiger partial charge in [-0.2, -0.15) is 0 Å². The van der Waals surface area contributed by atoms with Crippen LogP contribution in [0.1, 0.15) is 44.9 Å².